The van der Waals surface area contributed by atoms with Crippen LogP contribution in [-0.2, 0) is 9.53 Å². The van der Waals surface area contributed by atoms with Gasteiger partial charge < -0.3 is 19.1 Å². The molecular formula is C30H32FN3O5. The van der Waals surface area contributed by atoms with Gasteiger partial charge in [-0.2, -0.15) is 5.10 Å². The summed E-state index contributed by atoms with van der Waals surface area (Å²) in [6, 6.07) is 18.4. The third kappa shape index (κ3) is 6.43. The van der Waals surface area contributed by atoms with Crippen molar-refractivity contribution in [2.45, 2.75) is 19.4 Å². The maximum atomic E-state index is 13.8. The van der Waals surface area contributed by atoms with E-state index in [1.165, 1.54) is 35.2 Å². The highest BCUT2D eigenvalue weighted by atomic mass is 19.1. The zero-order valence-electron chi connectivity index (χ0n) is 22.5. The number of amides is 2. The molecule has 3 aromatic carbocycles. The van der Waals surface area contributed by atoms with E-state index in [-0.39, 0.29) is 37.2 Å². The van der Waals surface area contributed by atoms with Gasteiger partial charge in [-0.05, 0) is 42.8 Å². The van der Waals surface area contributed by atoms with E-state index in [0.29, 0.717) is 23.6 Å². The van der Waals surface area contributed by atoms with Crippen molar-refractivity contribution in [2.75, 3.05) is 41.0 Å². The molecule has 1 heterocycles. The largest absolute Gasteiger partial charge is 0.497 e. The zero-order valence-corrected chi connectivity index (χ0v) is 22.5. The van der Waals surface area contributed by atoms with Gasteiger partial charge in [-0.15, -0.1) is 0 Å². The van der Waals surface area contributed by atoms with Crippen molar-refractivity contribution >= 4 is 17.5 Å². The first kappa shape index (κ1) is 27.8. The lowest BCUT2D eigenvalue weighted by Crippen LogP contribution is -2.42. The van der Waals surface area contributed by atoms with Gasteiger partial charge in [0.2, 0.25) is 0 Å². The summed E-state index contributed by atoms with van der Waals surface area (Å²) in [6.45, 7) is 2.12. The van der Waals surface area contributed by atoms with Crippen LogP contribution in [0, 0.1) is 12.7 Å². The normalized spacial score (nSPS) is 14.6. The Bertz CT molecular complexity index is 1360. The van der Waals surface area contributed by atoms with Crippen LogP contribution < -0.4 is 9.47 Å². The van der Waals surface area contributed by atoms with Gasteiger partial charge in [-0.3, -0.25) is 9.59 Å². The number of benzene rings is 3. The number of methoxy groups -OCH3 is 3. The maximum absolute atomic E-state index is 13.8. The Morgan fingerprint density at radius 2 is 1.79 bits per heavy atom. The van der Waals surface area contributed by atoms with Crippen LogP contribution in [0.5, 0.6) is 11.5 Å². The predicted octanol–water partition coefficient (Wildman–Crippen LogP) is 4.62. The summed E-state index contributed by atoms with van der Waals surface area (Å²) in [6.07, 6.45) is 0.452. The van der Waals surface area contributed by atoms with Gasteiger partial charge in [0.05, 0.1) is 32.6 Å². The number of hydrogen-bond acceptors (Lipinski definition) is 6. The van der Waals surface area contributed by atoms with Crippen LogP contribution in [0.1, 0.15) is 39.5 Å². The maximum Gasteiger partial charge on any atom is 0.262 e. The lowest BCUT2D eigenvalue weighted by Gasteiger charge is -2.27. The number of nitrogens with zero attached hydrogens (tertiary/aromatic N) is 3. The topological polar surface area (TPSA) is 80.7 Å². The number of hydrogen-bond donors (Lipinski definition) is 0. The molecule has 204 valence electrons. The molecule has 2 amide bonds. The fourth-order valence-electron chi connectivity index (χ4n) is 4.48. The van der Waals surface area contributed by atoms with E-state index in [4.69, 9.17) is 19.3 Å². The highest BCUT2D eigenvalue weighted by molar-refractivity contribution is 6.05. The van der Waals surface area contributed by atoms with Gasteiger partial charge in [-0.1, -0.05) is 35.9 Å². The molecule has 9 heteroatoms. The van der Waals surface area contributed by atoms with Crippen molar-refractivity contribution in [3.05, 3.63) is 94.8 Å². The number of aryl methyl sites for hydroxylation is 1. The van der Waals surface area contributed by atoms with Crippen molar-refractivity contribution in [3.8, 4) is 11.5 Å². The van der Waals surface area contributed by atoms with Crippen LogP contribution in [0.25, 0.3) is 0 Å². The molecule has 0 aromatic heterocycles. The molecule has 0 unspecified atom stereocenters. The number of carbonyl (C=O) groups is 2. The quantitative estimate of drug-likeness (QED) is 0.380. The average Bonchev–Trinajstić information content (AvgIpc) is 3.40. The van der Waals surface area contributed by atoms with Crippen molar-refractivity contribution in [1.29, 1.82) is 0 Å². The summed E-state index contributed by atoms with van der Waals surface area (Å²) in [7, 11) is 4.66. The lowest BCUT2D eigenvalue weighted by atomic mass is 9.97. The van der Waals surface area contributed by atoms with Gasteiger partial charge in [0.25, 0.3) is 11.8 Å². The number of carbonyl (C=O) groups excluding carboxylic acids is 2. The summed E-state index contributed by atoms with van der Waals surface area (Å²) < 4.78 is 29.9. The van der Waals surface area contributed by atoms with Gasteiger partial charge in [0, 0.05) is 37.3 Å². The smallest absolute Gasteiger partial charge is 0.262 e. The first-order valence-corrected chi connectivity index (χ1v) is 12.6. The SMILES string of the molecule is COCCN(CC(=O)N1N=C(c2ccc(OC)cc2OC)C[C@H]1c1ccc(C)cc1)C(=O)c1cccc(F)c1. The molecular weight excluding hydrogens is 501 g/mol. The number of hydrazone groups is 1. The average molecular weight is 534 g/mol. The van der Waals surface area contributed by atoms with E-state index in [9.17, 15) is 14.0 Å². The lowest BCUT2D eigenvalue weighted by molar-refractivity contribution is -0.133. The minimum atomic E-state index is -0.527. The van der Waals surface area contributed by atoms with E-state index in [1.54, 1.807) is 20.3 Å². The Kier molecular flexibility index (Phi) is 8.93. The molecule has 0 saturated carbocycles. The second kappa shape index (κ2) is 12.5. The van der Waals surface area contributed by atoms with Crippen molar-refractivity contribution in [3.63, 3.8) is 0 Å². The molecule has 0 radical (unpaired) electrons. The predicted molar refractivity (Wildman–Crippen MR) is 146 cm³/mol. The van der Waals surface area contributed by atoms with Crippen LogP contribution in [-0.4, -0.2) is 68.5 Å². The summed E-state index contributed by atoms with van der Waals surface area (Å²) in [5.41, 5.74) is 3.59. The molecule has 0 saturated heterocycles. The Labute approximate surface area is 227 Å². The second-order valence-corrected chi connectivity index (χ2v) is 9.21. The van der Waals surface area contributed by atoms with E-state index in [0.717, 1.165) is 22.8 Å². The molecule has 1 aliphatic rings. The third-order valence-electron chi connectivity index (χ3n) is 6.60. The molecule has 0 bridgehead atoms. The third-order valence-corrected chi connectivity index (χ3v) is 6.60. The Morgan fingerprint density at radius 1 is 1.03 bits per heavy atom. The molecule has 4 rings (SSSR count). The molecule has 0 N–H and O–H groups in total. The molecule has 1 aliphatic heterocycles. The molecule has 1 atom stereocenters. The van der Waals surface area contributed by atoms with Crippen molar-refractivity contribution in [2.24, 2.45) is 5.10 Å². The molecule has 8 nitrogen and oxygen atoms in total. The summed E-state index contributed by atoms with van der Waals surface area (Å²) in [5, 5.41) is 6.17. The van der Waals surface area contributed by atoms with Gasteiger partial charge in [-0.25, -0.2) is 9.40 Å². The first-order valence-electron chi connectivity index (χ1n) is 12.6. The molecule has 3 aromatic rings. The Balaban J connectivity index is 1.67. The van der Waals surface area contributed by atoms with Crippen molar-refractivity contribution < 1.29 is 28.2 Å². The van der Waals surface area contributed by atoms with E-state index >= 15 is 0 Å². The molecule has 0 spiro atoms. The first-order chi connectivity index (χ1) is 18.8. The fourth-order valence-corrected chi connectivity index (χ4v) is 4.48. The molecule has 0 aliphatic carbocycles. The molecule has 39 heavy (non-hydrogen) atoms. The number of halogens is 1. The van der Waals surface area contributed by atoms with Crippen LogP contribution in [0.3, 0.4) is 0 Å². The summed E-state index contributed by atoms with van der Waals surface area (Å²) in [5.74, 6) is -0.147. The van der Waals surface area contributed by atoms with Crippen molar-refractivity contribution in [1.82, 2.24) is 9.91 Å². The van der Waals surface area contributed by atoms with Gasteiger partial charge in [0.15, 0.2) is 0 Å². The fraction of sp³-hybridized carbons (Fsp3) is 0.300. The van der Waals surface area contributed by atoms with Crippen LogP contribution >= 0.6 is 0 Å². The standard InChI is InChI=1S/C30H32FN3O5/c1-20-8-10-21(11-9-20)27-18-26(25-13-12-24(38-3)17-28(25)39-4)32-34(27)29(35)19-33(14-15-37-2)30(36)22-6-5-7-23(31)16-22/h5-13,16-17,27H,14-15,18-19H2,1-4H3/t27-/m0/s1. The van der Waals surface area contributed by atoms with E-state index in [2.05, 4.69) is 0 Å². The van der Waals surface area contributed by atoms with E-state index in [1.807, 2.05) is 43.3 Å². The zero-order chi connectivity index (χ0) is 27.9. The van der Waals surface area contributed by atoms with E-state index < -0.39 is 11.7 Å². The Morgan fingerprint density at radius 3 is 2.46 bits per heavy atom. The number of ether oxygens (including phenoxy) is 3. The summed E-state index contributed by atoms with van der Waals surface area (Å²) in [4.78, 5) is 28.4. The highest BCUT2D eigenvalue weighted by Gasteiger charge is 2.35. The Hall–Kier alpha value is -4.24. The minimum Gasteiger partial charge on any atom is -0.497 e. The van der Waals surface area contributed by atoms with Crippen LogP contribution in [0.15, 0.2) is 71.8 Å². The second-order valence-electron chi connectivity index (χ2n) is 9.21. The van der Waals surface area contributed by atoms with Crippen LogP contribution in [0.4, 0.5) is 4.39 Å². The van der Waals surface area contributed by atoms with Crippen LogP contribution in [0.2, 0.25) is 0 Å². The van der Waals surface area contributed by atoms with Gasteiger partial charge >= 0.3 is 0 Å². The highest BCUT2D eigenvalue weighted by Crippen LogP contribution is 2.36. The summed E-state index contributed by atoms with van der Waals surface area (Å²) >= 11 is 0. The molecule has 0 fully saturated rings. The van der Waals surface area contributed by atoms with Gasteiger partial charge in [0.1, 0.15) is 23.9 Å². The number of rotatable bonds is 10. The minimum absolute atomic E-state index is 0.155. The monoisotopic (exact) mass is 533 g/mol.